The van der Waals surface area contributed by atoms with Gasteiger partial charge in [0.25, 0.3) is 5.91 Å². The number of ether oxygens (including phenoxy) is 4. The van der Waals surface area contributed by atoms with Crippen LogP contribution in [0, 0.1) is 5.41 Å². The van der Waals surface area contributed by atoms with Gasteiger partial charge >= 0.3 is 12.1 Å². The topological polar surface area (TPSA) is 157 Å². The van der Waals surface area contributed by atoms with Crippen molar-refractivity contribution in [1.82, 2.24) is 5.43 Å². The number of methoxy groups -OCH3 is 1. The number of amidine groups is 1. The van der Waals surface area contributed by atoms with Crippen LogP contribution in [-0.4, -0.2) is 43.7 Å². The molecule has 1 amide bonds. The summed E-state index contributed by atoms with van der Waals surface area (Å²) in [5.74, 6) is -3.00. The third-order valence-electron chi connectivity index (χ3n) is 5.64. The second-order valence-corrected chi connectivity index (χ2v) is 9.24. The first-order valence-electron chi connectivity index (χ1n) is 13.0. The van der Waals surface area contributed by atoms with Crippen molar-refractivity contribution >= 4 is 29.1 Å². The van der Waals surface area contributed by atoms with Gasteiger partial charge in [-0.05, 0) is 62.7 Å². The highest BCUT2D eigenvalue weighted by Crippen LogP contribution is 2.34. The van der Waals surface area contributed by atoms with Crippen molar-refractivity contribution in [2.24, 2.45) is 5.73 Å². The molecule has 0 aliphatic rings. The lowest BCUT2D eigenvalue weighted by atomic mass is 10.0. The van der Waals surface area contributed by atoms with Crippen LogP contribution < -0.4 is 40.8 Å². The fourth-order valence-corrected chi connectivity index (χ4v) is 3.77. The molecule has 11 nitrogen and oxygen atoms in total. The van der Waals surface area contributed by atoms with Crippen molar-refractivity contribution in [1.29, 1.82) is 5.41 Å². The Hall–Kier alpha value is -5.14. The molecular weight excluding hydrogens is 571 g/mol. The number of nitrogens with one attached hydrogen (secondary N) is 4. The molecule has 0 aliphatic carbocycles. The Morgan fingerprint density at radius 3 is 2.35 bits per heavy atom. The highest BCUT2D eigenvalue weighted by atomic mass is 19.4. The Balaban J connectivity index is 2.01. The fourth-order valence-electron chi connectivity index (χ4n) is 3.77. The van der Waals surface area contributed by atoms with Crippen LogP contribution in [-0.2, 0) is 9.59 Å². The van der Waals surface area contributed by atoms with Gasteiger partial charge in [-0.1, -0.05) is 12.1 Å². The number of carbonyl (C=O) groups is 2. The van der Waals surface area contributed by atoms with Gasteiger partial charge in [-0.25, -0.2) is 4.79 Å². The minimum absolute atomic E-state index is 0.0805. The third kappa shape index (κ3) is 8.92. The quantitative estimate of drug-likeness (QED) is 0.0601. The number of carbonyl (C=O) groups excluding carboxylic acids is 2. The lowest BCUT2D eigenvalue weighted by Crippen LogP contribution is -2.37. The first-order chi connectivity index (χ1) is 20.3. The Bertz CT molecular complexity index is 1460. The largest absolute Gasteiger partial charge is 0.497 e. The van der Waals surface area contributed by atoms with E-state index in [0.29, 0.717) is 35.1 Å². The second kappa shape index (κ2) is 14.2. The van der Waals surface area contributed by atoms with Gasteiger partial charge in [0, 0.05) is 17.8 Å². The molecule has 0 radical (unpaired) electrons. The molecule has 230 valence electrons. The number of amides is 1. The zero-order valence-electron chi connectivity index (χ0n) is 23.8. The van der Waals surface area contributed by atoms with Crippen molar-refractivity contribution in [3.05, 3.63) is 71.8 Å². The minimum atomic E-state index is -5.29. The summed E-state index contributed by atoms with van der Waals surface area (Å²) in [5.41, 5.74) is 11.6. The minimum Gasteiger partial charge on any atom is -0.497 e. The fraction of sp³-hybridized carbons (Fsp3) is 0.276. The van der Waals surface area contributed by atoms with E-state index in [1.165, 1.54) is 19.2 Å². The first kappa shape index (κ1) is 32.4. The van der Waals surface area contributed by atoms with Crippen molar-refractivity contribution in [3.63, 3.8) is 0 Å². The summed E-state index contributed by atoms with van der Waals surface area (Å²) in [6, 6.07) is 14.1. The molecule has 0 aromatic heterocycles. The predicted molar refractivity (Wildman–Crippen MR) is 154 cm³/mol. The number of nitrogen functional groups attached to an aromatic ring is 1. The van der Waals surface area contributed by atoms with Crippen LogP contribution in [0.1, 0.15) is 37.9 Å². The average Bonchev–Trinajstić information content (AvgIpc) is 2.95. The maximum Gasteiger partial charge on any atom is 0.491 e. The Labute approximate surface area is 245 Å². The molecule has 43 heavy (non-hydrogen) atoms. The van der Waals surface area contributed by atoms with Crippen LogP contribution in [0.15, 0.2) is 60.7 Å². The number of benzene rings is 3. The van der Waals surface area contributed by atoms with Crippen LogP contribution in [0.2, 0.25) is 0 Å². The molecule has 0 heterocycles. The second-order valence-electron chi connectivity index (χ2n) is 9.24. The molecule has 0 saturated heterocycles. The molecule has 0 spiro atoms. The number of alkyl halides is 3. The van der Waals surface area contributed by atoms with E-state index in [9.17, 15) is 22.8 Å². The number of rotatable bonds is 13. The normalized spacial score (nSPS) is 11.7. The van der Waals surface area contributed by atoms with E-state index in [2.05, 4.69) is 20.9 Å². The lowest BCUT2D eigenvalue weighted by molar-refractivity contribution is -0.189. The standard InChI is InChI=1S/C29H32F3N5O6/c1-5-41-24-13-17(9-12-22(24)42-16(2)3)25(27(38)37-36-19-7-6-8-20(14-19)40-4)35-18-10-11-21(26(33)34)23(15-18)43-28(39)29(30,31)32/h6-16,25,35-36H,5H2,1-4H3,(H3,33,34)(H,37,38). The van der Waals surface area contributed by atoms with E-state index < -0.39 is 35.7 Å². The van der Waals surface area contributed by atoms with Crippen LogP contribution in [0.5, 0.6) is 23.0 Å². The lowest BCUT2D eigenvalue weighted by Gasteiger charge is -2.23. The molecule has 3 aromatic rings. The summed E-state index contributed by atoms with van der Waals surface area (Å²) in [5, 5.41) is 10.6. The number of anilines is 2. The first-order valence-corrected chi connectivity index (χ1v) is 13.0. The zero-order chi connectivity index (χ0) is 31.7. The molecule has 0 aliphatic heterocycles. The molecule has 3 aromatic carbocycles. The van der Waals surface area contributed by atoms with Gasteiger partial charge in [0.1, 0.15) is 23.4 Å². The van der Waals surface area contributed by atoms with E-state index in [1.54, 1.807) is 49.4 Å². The van der Waals surface area contributed by atoms with Crippen LogP contribution >= 0.6 is 0 Å². The molecule has 0 saturated carbocycles. The highest BCUT2D eigenvalue weighted by molar-refractivity contribution is 5.99. The summed E-state index contributed by atoms with van der Waals surface area (Å²) in [6.07, 6.45) is -5.45. The monoisotopic (exact) mass is 603 g/mol. The maximum atomic E-state index is 13.5. The van der Waals surface area contributed by atoms with E-state index >= 15 is 0 Å². The van der Waals surface area contributed by atoms with Crippen LogP contribution in [0.3, 0.4) is 0 Å². The molecular formula is C29H32F3N5O6. The maximum absolute atomic E-state index is 13.5. The zero-order valence-corrected chi connectivity index (χ0v) is 23.8. The molecule has 0 fully saturated rings. The molecule has 14 heteroatoms. The number of halogens is 3. The summed E-state index contributed by atoms with van der Waals surface area (Å²) < 4.78 is 60.0. The Morgan fingerprint density at radius 1 is 0.977 bits per heavy atom. The number of esters is 1. The molecule has 1 unspecified atom stereocenters. The van der Waals surface area contributed by atoms with E-state index in [4.69, 9.17) is 25.4 Å². The van der Waals surface area contributed by atoms with Gasteiger partial charge in [-0.3, -0.25) is 21.1 Å². The predicted octanol–water partition coefficient (Wildman–Crippen LogP) is 4.93. The number of nitrogens with two attached hydrogens (primary N) is 1. The summed E-state index contributed by atoms with van der Waals surface area (Å²) in [6.45, 7) is 5.78. The van der Waals surface area contributed by atoms with Crippen LogP contribution in [0.25, 0.3) is 0 Å². The van der Waals surface area contributed by atoms with Gasteiger partial charge in [0.15, 0.2) is 11.5 Å². The summed E-state index contributed by atoms with van der Waals surface area (Å²) in [7, 11) is 1.50. The van der Waals surface area contributed by atoms with Crippen LogP contribution in [0.4, 0.5) is 24.5 Å². The third-order valence-corrected chi connectivity index (χ3v) is 5.64. The van der Waals surface area contributed by atoms with Crippen molar-refractivity contribution in [2.45, 2.75) is 39.1 Å². The van der Waals surface area contributed by atoms with Gasteiger partial charge in [0.2, 0.25) is 0 Å². The van der Waals surface area contributed by atoms with E-state index in [-0.39, 0.29) is 17.4 Å². The van der Waals surface area contributed by atoms with Crippen molar-refractivity contribution in [2.75, 3.05) is 24.5 Å². The summed E-state index contributed by atoms with van der Waals surface area (Å²) in [4.78, 5) is 25.1. The van der Waals surface area contributed by atoms with Gasteiger partial charge in [-0.15, -0.1) is 0 Å². The van der Waals surface area contributed by atoms with Gasteiger partial charge in [0.05, 0.1) is 31.1 Å². The van der Waals surface area contributed by atoms with Crippen molar-refractivity contribution < 1.29 is 41.7 Å². The molecule has 1 atom stereocenters. The highest BCUT2D eigenvalue weighted by Gasteiger charge is 2.42. The molecule has 6 N–H and O–H groups in total. The number of hydrazine groups is 1. The molecule has 3 rings (SSSR count). The Morgan fingerprint density at radius 2 is 1.72 bits per heavy atom. The smallest absolute Gasteiger partial charge is 0.491 e. The SMILES string of the molecule is CCOc1cc(C(Nc2ccc(C(=N)N)c(OC(=O)C(F)(F)F)c2)C(=O)NNc2cccc(OC)c2)ccc1OC(C)C. The van der Waals surface area contributed by atoms with Gasteiger partial charge in [-0.2, -0.15) is 13.2 Å². The summed E-state index contributed by atoms with van der Waals surface area (Å²) >= 11 is 0. The van der Waals surface area contributed by atoms with E-state index in [1.807, 2.05) is 13.8 Å². The Kier molecular flexibility index (Phi) is 10.7. The van der Waals surface area contributed by atoms with Gasteiger partial charge < -0.3 is 30.0 Å². The van der Waals surface area contributed by atoms with Crippen molar-refractivity contribution in [3.8, 4) is 23.0 Å². The average molecular weight is 604 g/mol. The number of hydrogen-bond donors (Lipinski definition) is 5. The molecule has 0 bridgehead atoms. The number of hydrogen-bond acceptors (Lipinski definition) is 9. The van der Waals surface area contributed by atoms with E-state index in [0.717, 1.165) is 6.07 Å².